The molecular formula is C18H22ClN3O3. The molecule has 0 aliphatic heterocycles. The first-order valence-corrected chi connectivity index (χ1v) is 8.75. The summed E-state index contributed by atoms with van der Waals surface area (Å²) < 4.78 is 1.52. The zero-order chi connectivity index (χ0) is 18.1. The number of aliphatic hydroxyl groups is 1. The first-order valence-electron chi connectivity index (χ1n) is 8.38. The standard InChI is InChI=1S/C18H22ClN3O3/c1-17(16(23)24)9-8-14(5-2-13-3-6-15(19)7-4-13)18(17,25)10-22-12-20-11-21-22/h3-4,6-7,11-12,14,25H,2,5,8-10H2,1H3,(H,23,24)/t14-,17-,18+/m1/s1. The average Bonchev–Trinajstić information content (AvgIpc) is 3.16. The summed E-state index contributed by atoms with van der Waals surface area (Å²) in [5.74, 6) is -1.10. The highest BCUT2D eigenvalue weighted by molar-refractivity contribution is 6.30. The summed E-state index contributed by atoms with van der Waals surface area (Å²) in [5, 5.41) is 25.9. The van der Waals surface area contributed by atoms with Gasteiger partial charge in [-0.05, 0) is 56.2 Å². The van der Waals surface area contributed by atoms with E-state index in [0.29, 0.717) is 24.3 Å². The van der Waals surface area contributed by atoms with Crippen LogP contribution in [0.25, 0.3) is 0 Å². The van der Waals surface area contributed by atoms with Crippen LogP contribution in [-0.4, -0.2) is 36.5 Å². The van der Waals surface area contributed by atoms with Crippen molar-refractivity contribution in [2.75, 3.05) is 0 Å². The van der Waals surface area contributed by atoms with Gasteiger partial charge in [-0.2, -0.15) is 5.10 Å². The van der Waals surface area contributed by atoms with Crippen molar-refractivity contribution in [1.29, 1.82) is 0 Å². The van der Waals surface area contributed by atoms with Crippen LogP contribution in [0.1, 0.15) is 31.7 Å². The van der Waals surface area contributed by atoms with Gasteiger partial charge in [0.15, 0.2) is 0 Å². The summed E-state index contributed by atoms with van der Waals surface area (Å²) in [5.41, 5.74) is -1.46. The van der Waals surface area contributed by atoms with E-state index in [1.807, 2.05) is 24.3 Å². The summed E-state index contributed by atoms with van der Waals surface area (Å²) in [6.45, 7) is 1.76. The lowest BCUT2D eigenvalue weighted by molar-refractivity contribution is -0.169. The fourth-order valence-corrected chi connectivity index (χ4v) is 4.03. The van der Waals surface area contributed by atoms with E-state index in [4.69, 9.17) is 11.6 Å². The molecule has 1 aliphatic carbocycles. The van der Waals surface area contributed by atoms with E-state index in [0.717, 1.165) is 12.0 Å². The van der Waals surface area contributed by atoms with E-state index in [1.54, 1.807) is 6.92 Å². The Hall–Kier alpha value is -1.92. The Balaban J connectivity index is 1.81. The van der Waals surface area contributed by atoms with Crippen LogP contribution in [-0.2, 0) is 17.8 Å². The summed E-state index contributed by atoms with van der Waals surface area (Å²) in [6, 6.07) is 7.61. The van der Waals surface area contributed by atoms with Gasteiger partial charge in [0, 0.05) is 5.02 Å². The lowest BCUT2D eigenvalue weighted by atomic mass is 9.71. The lowest BCUT2D eigenvalue weighted by Gasteiger charge is -2.40. The predicted octanol–water partition coefficient (Wildman–Crippen LogP) is 2.80. The van der Waals surface area contributed by atoms with Crippen molar-refractivity contribution in [2.24, 2.45) is 11.3 Å². The molecule has 1 saturated carbocycles. The number of hydrogen-bond acceptors (Lipinski definition) is 4. The molecule has 25 heavy (non-hydrogen) atoms. The third-order valence-corrected chi connectivity index (χ3v) is 5.91. The van der Waals surface area contributed by atoms with Gasteiger partial charge >= 0.3 is 5.97 Å². The van der Waals surface area contributed by atoms with Gasteiger partial charge in [0.25, 0.3) is 0 Å². The van der Waals surface area contributed by atoms with Gasteiger partial charge in [0.05, 0.1) is 12.0 Å². The summed E-state index contributed by atoms with van der Waals surface area (Å²) in [7, 11) is 0. The maximum atomic E-state index is 11.9. The van der Waals surface area contributed by atoms with E-state index in [2.05, 4.69) is 10.1 Å². The largest absolute Gasteiger partial charge is 0.481 e. The minimum atomic E-state index is -1.38. The van der Waals surface area contributed by atoms with Gasteiger partial charge in [-0.1, -0.05) is 23.7 Å². The zero-order valence-corrected chi connectivity index (χ0v) is 14.9. The van der Waals surface area contributed by atoms with Crippen LogP contribution >= 0.6 is 11.6 Å². The van der Waals surface area contributed by atoms with E-state index in [9.17, 15) is 15.0 Å². The molecule has 1 fully saturated rings. The van der Waals surface area contributed by atoms with Gasteiger partial charge in [0.2, 0.25) is 0 Å². The van der Waals surface area contributed by atoms with Gasteiger partial charge < -0.3 is 10.2 Å². The van der Waals surface area contributed by atoms with Gasteiger partial charge in [-0.3, -0.25) is 9.48 Å². The molecule has 3 rings (SSSR count). The number of aliphatic carboxylic acids is 1. The van der Waals surface area contributed by atoms with Crippen LogP contribution in [0.4, 0.5) is 0 Å². The van der Waals surface area contributed by atoms with E-state index < -0.39 is 17.0 Å². The summed E-state index contributed by atoms with van der Waals surface area (Å²) >= 11 is 5.92. The average molecular weight is 364 g/mol. The molecule has 6 nitrogen and oxygen atoms in total. The van der Waals surface area contributed by atoms with Crippen molar-refractivity contribution in [3.63, 3.8) is 0 Å². The monoisotopic (exact) mass is 363 g/mol. The summed E-state index contributed by atoms with van der Waals surface area (Å²) in [4.78, 5) is 15.8. The number of aromatic nitrogens is 3. The van der Waals surface area contributed by atoms with Crippen molar-refractivity contribution in [3.8, 4) is 0 Å². The zero-order valence-electron chi connectivity index (χ0n) is 14.1. The normalized spacial score (nSPS) is 29.0. The highest BCUT2D eigenvalue weighted by Crippen LogP contribution is 2.52. The van der Waals surface area contributed by atoms with Crippen LogP contribution in [0.15, 0.2) is 36.9 Å². The predicted molar refractivity (Wildman–Crippen MR) is 93.2 cm³/mol. The molecule has 7 heteroatoms. The third kappa shape index (κ3) is 3.28. The van der Waals surface area contributed by atoms with Crippen LogP contribution in [0.3, 0.4) is 0 Å². The Morgan fingerprint density at radius 2 is 2.12 bits per heavy atom. The molecule has 0 bridgehead atoms. The molecule has 0 radical (unpaired) electrons. The third-order valence-electron chi connectivity index (χ3n) is 5.66. The van der Waals surface area contributed by atoms with Crippen LogP contribution in [0.2, 0.25) is 5.02 Å². The van der Waals surface area contributed by atoms with Crippen molar-refractivity contribution in [1.82, 2.24) is 14.8 Å². The van der Waals surface area contributed by atoms with E-state index >= 15 is 0 Å². The quantitative estimate of drug-likeness (QED) is 0.823. The molecule has 1 aliphatic rings. The van der Waals surface area contributed by atoms with Crippen molar-refractivity contribution in [3.05, 3.63) is 47.5 Å². The van der Waals surface area contributed by atoms with Crippen LogP contribution in [0, 0.1) is 11.3 Å². The topological polar surface area (TPSA) is 88.2 Å². The fraction of sp³-hybridized carbons (Fsp3) is 0.500. The molecule has 0 unspecified atom stereocenters. The Morgan fingerprint density at radius 3 is 2.72 bits per heavy atom. The Labute approximate surface area is 151 Å². The van der Waals surface area contributed by atoms with E-state index in [1.165, 1.54) is 17.3 Å². The SMILES string of the molecule is C[C@]1(C(=O)O)CC[C@@H](CCc2ccc(Cl)cc2)[C@@]1(O)Cn1cncn1. The maximum absolute atomic E-state index is 11.9. The number of rotatable bonds is 6. The van der Waals surface area contributed by atoms with Crippen LogP contribution < -0.4 is 0 Å². The second-order valence-electron chi connectivity index (χ2n) is 7.06. The van der Waals surface area contributed by atoms with E-state index in [-0.39, 0.29) is 12.5 Å². The highest BCUT2D eigenvalue weighted by Gasteiger charge is 2.61. The second kappa shape index (κ2) is 6.77. The molecule has 3 atom stereocenters. The van der Waals surface area contributed by atoms with Gasteiger partial charge in [-0.25, -0.2) is 4.98 Å². The van der Waals surface area contributed by atoms with Crippen LogP contribution in [0.5, 0.6) is 0 Å². The smallest absolute Gasteiger partial charge is 0.312 e. The minimum absolute atomic E-state index is 0.126. The Kier molecular flexibility index (Phi) is 4.84. The second-order valence-corrected chi connectivity index (χ2v) is 7.49. The molecule has 0 spiro atoms. The molecule has 1 aromatic heterocycles. The number of nitrogens with zero attached hydrogens (tertiary/aromatic N) is 3. The molecule has 0 saturated heterocycles. The van der Waals surface area contributed by atoms with Gasteiger partial charge in [-0.15, -0.1) is 0 Å². The minimum Gasteiger partial charge on any atom is -0.481 e. The molecule has 134 valence electrons. The molecular weight excluding hydrogens is 342 g/mol. The number of carbonyl (C=O) groups is 1. The van der Waals surface area contributed by atoms with Crippen molar-refractivity contribution >= 4 is 17.6 Å². The summed E-state index contributed by atoms with van der Waals surface area (Å²) in [6.07, 6.45) is 5.47. The highest BCUT2D eigenvalue weighted by atomic mass is 35.5. The number of benzene rings is 1. The van der Waals surface area contributed by atoms with Crippen molar-refractivity contribution < 1.29 is 15.0 Å². The van der Waals surface area contributed by atoms with Gasteiger partial charge in [0.1, 0.15) is 18.3 Å². The number of carboxylic acids is 1. The number of carboxylic acid groups (broad SMARTS) is 1. The molecule has 0 amide bonds. The Morgan fingerprint density at radius 1 is 1.40 bits per heavy atom. The molecule has 1 aromatic carbocycles. The number of halogens is 1. The first kappa shape index (κ1) is 17.9. The fourth-order valence-electron chi connectivity index (χ4n) is 3.90. The number of hydrogen-bond donors (Lipinski definition) is 2. The maximum Gasteiger partial charge on any atom is 0.312 e. The Bertz CT molecular complexity index is 735. The first-order chi connectivity index (χ1) is 11.8. The van der Waals surface area contributed by atoms with Crippen molar-refractivity contribution in [2.45, 2.75) is 44.8 Å². The molecule has 2 aromatic rings. The lowest BCUT2D eigenvalue weighted by Crippen LogP contribution is -2.54. The molecule has 2 N–H and O–H groups in total. The molecule has 1 heterocycles. The number of aryl methyl sites for hydroxylation is 1.